The zero-order valence-corrected chi connectivity index (χ0v) is 36.6. The Kier molecular flexibility index (Phi) is 16.7. The van der Waals surface area contributed by atoms with E-state index in [1.807, 2.05) is 60.7 Å². The van der Waals surface area contributed by atoms with Crippen molar-refractivity contribution in [2.45, 2.75) is 170 Å². The average molecular weight is 840 g/mol. The molecule has 6 rings (SSSR count). The number of likely N-dealkylation sites (N-methyl/N-ethyl adjacent to an activating group) is 1. The number of nitrogens with two attached hydrogens (primary N) is 3. The molecular formula is C49H73N7O5. The second-order valence-corrected chi connectivity index (χ2v) is 18.7. The SMILES string of the molecule is CN[C@@H](Cc1ccccc1)C(=O)N[C@@H](CCCCN)C(=O)N1CCC[C@H]1C(=O)C(NC(=O)[C@@H](N)CC1CCCCC1)(C(=O)[C@H](N)CC1CCCCC1)C1(c2ccccc2)CC1. The second-order valence-electron chi connectivity index (χ2n) is 18.7. The Hall–Kier alpha value is -3.97. The number of ketones is 2. The van der Waals surface area contributed by atoms with Crippen LogP contribution in [0, 0.1) is 11.8 Å². The van der Waals surface area contributed by atoms with Gasteiger partial charge in [-0.15, -0.1) is 0 Å². The Labute approximate surface area is 363 Å². The summed E-state index contributed by atoms with van der Waals surface area (Å²) in [6, 6.07) is 14.7. The fraction of sp³-hybridized carbons (Fsp3) is 0.653. The molecule has 2 aromatic carbocycles. The summed E-state index contributed by atoms with van der Waals surface area (Å²) >= 11 is 0. The van der Waals surface area contributed by atoms with Gasteiger partial charge < -0.3 is 38.1 Å². The number of Topliss-reactive ketones (excluding diaryl/α,β-unsaturated/α-hetero) is 2. The van der Waals surface area contributed by atoms with E-state index in [0.29, 0.717) is 70.8 Å². The number of hydrogen-bond acceptors (Lipinski definition) is 9. The van der Waals surface area contributed by atoms with Crippen molar-refractivity contribution in [1.82, 2.24) is 20.9 Å². The van der Waals surface area contributed by atoms with Crippen LogP contribution in [0.5, 0.6) is 0 Å². The molecule has 1 saturated heterocycles. The number of amides is 3. The summed E-state index contributed by atoms with van der Waals surface area (Å²) in [5.41, 5.74) is 18.3. The maximum atomic E-state index is 16.1. The van der Waals surface area contributed by atoms with Gasteiger partial charge in [-0.05, 0) is 101 Å². The molecule has 3 amide bonds. The Morgan fingerprint density at radius 3 is 1.90 bits per heavy atom. The van der Waals surface area contributed by atoms with Gasteiger partial charge in [-0.2, -0.15) is 0 Å². The Bertz CT molecular complexity index is 1760. The molecule has 12 nitrogen and oxygen atoms in total. The quantitative estimate of drug-likeness (QED) is 0.0716. The fourth-order valence-corrected chi connectivity index (χ4v) is 10.9. The first-order valence-electron chi connectivity index (χ1n) is 23.5. The smallest absolute Gasteiger partial charge is 0.245 e. The number of carbonyl (C=O) groups is 5. The zero-order chi connectivity index (χ0) is 43.4. The number of benzene rings is 2. The van der Waals surface area contributed by atoms with Crippen molar-refractivity contribution in [2.75, 3.05) is 20.1 Å². The first-order chi connectivity index (χ1) is 29.5. The molecule has 0 radical (unpaired) electrons. The third-order valence-electron chi connectivity index (χ3n) is 14.5. The van der Waals surface area contributed by atoms with Crippen molar-refractivity contribution in [2.24, 2.45) is 29.0 Å². The van der Waals surface area contributed by atoms with Crippen LogP contribution >= 0.6 is 0 Å². The van der Waals surface area contributed by atoms with E-state index < -0.39 is 58.6 Å². The van der Waals surface area contributed by atoms with Gasteiger partial charge in [0.25, 0.3) is 0 Å². The van der Waals surface area contributed by atoms with Crippen molar-refractivity contribution in [1.29, 1.82) is 0 Å². The summed E-state index contributed by atoms with van der Waals surface area (Å²) in [4.78, 5) is 76.8. The van der Waals surface area contributed by atoms with Gasteiger partial charge in [0, 0.05) is 12.0 Å². The lowest BCUT2D eigenvalue weighted by Gasteiger charge is -2.45. The third kappa shape index (κ3) is 11.0. The van der Waals surface area contributed by atoms with Crippen LogP contribution in [-0.4, -0.2) is 90.1 Å². The second kappa shape index (κ2) is 21.9. The molecule has 4 fully saturated rings. The first-order valence-corrected chi connectivity index (χ1v) is 23.5. The van der Waals surface area contributed by atoms with E-state index in [1.165, 1.54) is 6.42 Å². The summed E-state index contributed by atoms with van der Waals surface area (Å²) in [5.74, 6) is -1.70. The summed E-state index contributed by atoms with van der Waals surface area (Å²) in [6.45, 7) is 0.701. The molecule has 6 atom stereocenters. The maximum absolute atomic E-state index is 16.1. The minimum absolute atomic E-state index is 0.238. The van der Waals surface area contributed by atoms with Crippen molar-refractivity contribution in [3.05, 3.63) is 71.8 Å². The van der Waals surface area contributed by atoms with Gasteiger partial charge in [-0.25, -0.2) is 0 Å². The van der Waals surface area contributed by atoms with E-state index in [9.17, 15) is 14.4 Å². The minimum atomic E-state index is -2.07. The minimum Gasteiger partial charge on any atom is -0.343 e. The van der Waals surface area contributed by atoms with Crippen molar-refractivity contribution >= 4 is 29.3 Å². The largest absolute Gasteiger partial charge is 0.343 e. The Balaban J connectivity index is 1.36. The van der Waals surface area contributed by atoms with Crippen LogP contribution in [0.3, 0.4) is 0 Å². The predicted molar refractivity (Wildman–Crippen MR) is 239 cm³/mol. The number of unbranched alkanes of at least 4 members (excludes halogenated alkanes) is 1. The highest BCUT2D eigenvalue weighted by molar-refractivity contribution is 6.20. The number of carbonyl (C=O) groups excluding carboxylic acids is 5. The van der Waals surface area contributed by atoms with E-state index in [4.69, 9.17) is 17.2 Å². The summed E-state index contributed by atoms with van der Waals surface area (Å²) < 4.78 is 0. The van der Waals surface area contributed by atoms with Crippen LogP contribution in [-0.2, 0) is 35.8 Å². The Morgan fingerprint density at radius 1 is 0.738 bits per heavy atom. The average Bonchev–Trinajstić information content (AvgIpc) is 3.96. The lowest BCUT2D eigenvalue weighted by Crippen LogP contribution is -2.74. The first kappa shape index (κ1) is 46.5. The number of nitrogens with zero attached hydrogens (tertiary/aromatic N) is 1. The highest BCUT2D eigenvalue weighted by Gasteiger charge is 2.70. The molecule has 12 heteroatoms. The van der Waals surface area contributed by atoms with E-state index >= 15 is 9.59 Å². The van der Waals surface area contributed by atoms with E-state index in [1.54, 1.807) is 11.9 Å². The molecule has 1 aliphatic heterocycles. The van der Waals surface area contributed by atoms with Crippen LogP contribution in [0.4, 0.5) is 0 Å². The van der Waals surface area contributed by atoms with Gasteiger partial charge in [0.1, 0.15) is 6.04 Å². The molecule has 0 bridgehead atoms. The monoisotopic (exact) mass is 840 g/mol. The van der Waals surface area contributed by atoms with Crippen LogP contribution in [0.15, 0.2) is 60.7 Å². The molecular weight excluding hydrogens is 767 g/mol. The highest BCUT2D eigenvalue weighted by atomic mass is 16.2. The molecule has 2 aromatic rings. The summed E-state index contributed by atoms with van der Waals surface area (Å²) in [5, 5.41) is 9.31. The summed E-state index contributed by atoms with van der Waals surface area (Å²) in [6.07, 6.45) is 15.2. The van der Waals surface area contributed by atoms with Crippen molar-refractivity contribution < 1.29 is 24.0 Å². The molecule has 4 aliphatic rings. The van der Waals surface area contributed by atoms with Crippen LogP contribution in [0.25, 0.3) is 0 Å². The number of likely N-dealkylation sites (tertiary alicyclic amines) is 1. The standard InChI is InChI=1S/C49H73N7O5/c1-53-41(33-36-21-10-4-11-22-36)46(60)54-40(25-14-15-29-50)47(61)56-30-16-26-42(56)44(58)49(48(27-28-48)37-23-12-5-13-24-37,43(57)38(51)31-34-17-6-2-7-18-34)55-45(59)39(52)32-35-19-8-3-9-20-35/h4-5,10-13,21-24,34-35,38-42,53H,2-3,6-9,14-20,25-33,50-52H2,1H3,(H,54,60)(H,55,59)/t38-,39+,40+,41+,42+,49?/m1/s1. The normalized spacial score (nSPS) is 22.3. The third-order valence-corrected chi connectivity index (χ3v) is 14.5. The van der Waals surface area contributed by atoms with Crippen LogP contribution in [0.1, 0.15) is 133 Å². The Morgan fingerprint density at radius 2 is 1.33 bits per heavy atom. The molecule has 3 aliphatic carbocycles. The van der Waals surface area contributed by atoms with E-state index in [-0.39, 0.29) is 30.2 Å². The van der Waals surface area contributed by atoms with E-state index in [0.717, 1.165) is 68.9 Å². The maximum Gasteiger partial charge on any atom is 0.245 e. The van der Waals surface area contributed by atoms with Crippen molar-refractivity contribution in [3.63, 3.8) is 0 Å². The number of hydrogen-bond donors (Lipinski definition) is 6. The molecule has 334 valence electrons. The van der Waals surface area contributed by atoms with Crippen molar-refractivity contribution in [3.8, 4) is 0 Å². The zero-order valence-electron chi connectivity index (χ0n) is 36.6. The van der Waals surface area contributed by atoms with Gasteiger partial charge in [-0.1, -0.05) is 125 Å². The van der Waals surface area contributed by atoms with Crippen LogP contribution in [0.2, 0.25) is 0 Å². The molecule has 1 heterocycles. The topological polar surface area (TPSA) is 203 Å². The lowest BCUT2D eigenvalue weighted by atomic mass is 9.65. The van der Waals surface area contributed by atoms with Gasteiger partial charge in [0.2, 0.25) is 17.7 Å². The van der Waals surface area contributed by atoms with Gasteiger partial charge in [0.15, 0.2) is 17.1 Å². The fourth-order valence-electron chi connectivity index (χ4n) is 10.9. The molecule has 9 N–H and O–H groups in total. The number of rotatable bonds is 22. The molecule has 61 heavy (non-hydrogen) atoms. The van der Waals surface area contributed by atoms with Gasteiger partial charge in [0.05, 0.1) is 24.2 Å². The predicted octanol–water partition coefficient (Wildman–Crippen LogP) is 4.74. The highest BCUT2D eigenvalue weighted by Crippen LogP contribution is 2.58. The lowest BCUT2D eigenvalue weighted by molar-refractivity contribution is -0.150. The molecule has 1 unspecified atom stereocenters. The van der Waals surface area contributed by atoms with E-state index in [2.05, 4.69) is 16.0 Å². The molecule has 3 saturated carbocycles. The van der Waals surface area contributed by atoms with Gasteiger partial charge in [-0.3, -0.25) is 24.0 Å². The van der Waals surface area contributed by atoms with Crippen LogP contribution < -0.4 is 33.2 Å². The number of nitrogens with one attached hydrogen (secondary N) is 3. The van der Waals surface area contributed by atoms with Gasteiger partial charge >= 0.3 is 0 Å². The molecule has 0 aromatic heterocycles. The summed E-state index contributed by atoms with van der Waals surface area (Å²) in [7, 11) is 1.72. The molecule has 0 spiro atoms.